The molecule has 0 saturated heterocycles. The lowest BCUT2D eigenvalue weighted by Crippen LogP contribution is -2.19. The average Bonchev–Trinajstić information content (AvgIpc) is 2.80. The van der Waals surface area contributed by atoms with Gasteiger partial charge in [-0.1, -0.05) is 84.9 Å². The molecule has 0 aromatic heterocycles. The zero-order chi connectivity index (χ0) is 16.4. The van der Waals surface area contributed by atoms with E-state index in [4.69, 9.17) is 0 Å². The van der Waals surface area contributed by atoms with Gasteiger partial charge in [0.05, 0.1) is 5.70 Å². The van der Waals surface area contributed by atoms with E-state index in [2.05, 4.69) is 96.9 Å². The van der Waals surface area contributed by atoms with Crippen LogP contribution >= 0.6 is 0 Å². The van der Waals surface area contributed by atoms with Crippen molar-refractivity contribution in [2.45, 2.75) is 6.42 Å². The minimum atomic E-state index is 1.03. The van der Waals surface area contributed by atoms with Crippen molar-refractivity contribution in [3.8, 4) is 0 Å². The van der Waals surface area contributed by atoms with Crippen LogP contribution in [0.1, 0.15) is 22.3 Å². The molecule has 1 aliphatic rings. The molecule has 0 amide bonds. The molecule has 0 bridgehead atoms. The fourth-order valence-electron chi connectivity index (χ4n) is 3.56. The van der Waals surface area contributed by atoms with Crippen LogP contribution in [-0.4, -0.2) is 18.5 Å². The van der Waals surface area contributed by atoms with Gasteiger partial charge < -0.3 is 4.90 Å². The van der Waals surface area contributed by atoms with Crippen LogP contribution in [0.3, 0.4) is 0 Å². The molecule has 1 heterocycles. The first kappa shape index (κ1) is 14.8. The second kappa shape index (κ2) is 6.37. The average molecular weight is 311 g/mol. The smallest absolute Gasteiger partial charge is 0.0523 e. The Morgan fingerprint density at radius 3 is 1.96 bits per heavy atom. The van der Waals surface area contributed by atoms with E-state index in [1.54, 1.807) is 0 Å². The number of hydrogen-bond donors (Lipinski definition) is 0. The molecule has 1 nitrogen and oxygen atoms in total. The van der Waals surface area contributed by atoms with E-state index in [1.807, 2.05) is 0 Å². The Balaban J connectivity index is 2.06. The third kappa shape index (κ3) is 2.63. The normalized spacial score (nSPS) is 14.3. The van der Waals surface area contributed by atoms with Gasteiger partial charge in [0.25, 0.3) is 0 Å². The van der Waals surface area contributed by atoms with Gasteiger partial charge in [-0.3, -0.25) is 0 Å². The second-order valence-electron chi connectivity index (χ2n) is 6.28. The van der Waals surface area contributed by atoms with E-state index in [1.165, 1.54) is 33.5 Å². The topological polar surface area (TPSA) is 3.24 Å². The Morgan fingerprint density at radius 2 is 1.25 bits per heavy atom. The van der Waals surface area contributed by atoms with E-state index in [0.29, 0.717) is 0 Å². The summed E-state index contributed by atoms with van der Waals surface area (Å²) in [5.41, 5.74) is 7.97. The number of benzene rings is 3. The molecule has 1 heteroatoms. The molecule has 0 spiro atoms. The van der Waals surface area contributed by atoms with Crippen LogP contribution in [0.4, 0.5) is 0 Å². The molecule has 4 rings (SSSR count). The number of fused-ring (bicyclic) bond motifs is 1. The molecule has 0 fully saturated rings. The van der Waals surface area contributed by atoms with Crippen LogP contribution in [0.2, 0.25) is 0 Å². The second-order valence-corrected chi connectivity index (χ2v) is 6.28. The fourth-order valence-corrected chi connectivity index (χ4v) is 3.56. The molecule has 0 radical (unpaired) electrons. The van der Waals surface area contributed by atoms with Gasteiger partial charge in [-0.25, -0.2) is 0 Å². The van der Waals surface area contributed by atoms with Crippen molar-refractivity contribution >= 4 is 11.3 Å². The Bertz CT molecular complexity index is 863. The lowest BCUT2D eigenvalue weighted by molar-refractivity contribution is 0.488. The zero-order valence-electron chi connectivity index (χ0n) is 13.9. The summed E-state index contributed by atoms with van der Waals surface area (Å²) in [6, 6.07) is 30.3. The molecular formula is C23H21N. The summed E-state index contributed by atoms with van der Waals surface area (Å²) in [5, 5.41) is 0. The number of nitrogens with zero attached hydrogens (tertiary/aromatic N) is 1. The van der Waals surface area contributed by atoms with Gasteiger partial charge >= 0.3 is 0 Å². The van der Waals surface area contributed by atoms with Gasteiger partial charge in [-0.05, 0) is 28.7 Å². The van der Waals surface area contributed by atoms with E-state index < -0.39 is 0 Å². The van der Waals surface area contributed by atoms with Gasteiger partial charge in [0.1, 0.15) is 0 Å². The third-order valence-electron chi connectivity index (χ3n) is 4.73. The molecular weight excluding hydrogens is 290 g/mol. The van der Waals surface area contributed by atoms with Crippen molar-refractivity contribution < 1.29 is 0 Å². The van der Waals surface area contributed by atoms with Crippen LogP contribution in [-0.2, 0) is 6.42 Å². The Morgan fingerprint density at radius 1 is 0.667 bits per heavy atom. The first-order valence-corrected chi connectivity index (χ1v) is 8.49. The lowest BCUT2D eigenvalue weighted by Gasteiger charge is -2.24. The largest absolute Gasteiger partial charge is 0.373 e. The highest BCUT2D eigenvalue weighted by molar-refractivity contribution is 5.99. The van der Waals surface area contributed by atoms with E-state index in [0.717, 1.165) is 13.0 Å². The molecule has 24 heavy (non-hydrogen) atoms. The van der Waals surface area contributed by atoms with E-state index >= 15 is 0 Å². The summed E-state index contributed by atoms with van der Waals surface area (Å²) in [6.07, 6.45) is 1.07. The standard InChI is InChI=1S/C23H21N/c1-24-17-16-18-10-8-9-15-21(18)22(19-11-4-2-5-12-19)23(24)20-13-6-3-7-14-20/h2-15H,16-17H2,1H3. The predicted octanol–water partition coefficient (Wildman–Crippen LogP) is 5.09. The maximum Gasteiger partial charge on any atom is 0.0523 e. The molecule has 0 aliphatic carbocycles. The van der Waals surface area contributed by atoms with Crippen LogP contribution < -0.4 is 0 Å². The highest BCUT2D eigenvalue weighted by Crippen LogP contribution is 2.37. The van der Waals surface area contributed by atoms with Crippen molar-refractivity contribution in [1.82, 2.24) is 4.90 Å². The minimum absolute atomic E-state index is 1.03. The van der Waals surface area contributed by atoms with E-state index in [9.17, 15) is 0 Å². The summed E-state index contributed by atoms with van der Waals surface area (Å²) in [6.45, 7) is 1.03. The summed E-state index contributed by atoms with van der Waals surface area (Å²) >= 11 is 0. The van der Waals surface area contributed by atoms with Crippen molar-refractivity contribution in [3.63, 3.8) is 0 Å². The summed E-state index contributed by atoms with van der Waals surface area (Å²) < 4.78 is 0. The summed E-state index contributed by atoms with van der Waals surface area (Å²) in [4.78, 5) is 2.40. The number of hydrogen-bond acceptors (Lipinski definition) is 1. The van der Waals surface area contributed by atoms with Crippen LogP contribution in [0.25, 0.3) is 11.3 Å². The quantitative estimate of drug-likeness (QED) is 0.637. The van der Waals surface area contributed by atoms with Gasteiger partial charge in [-0.15, -0.1) is 0 Å². The van der Waals surface area contributed by atoms with Crippen molar-refractivity contribution in [1.29, 1.82) is 0 Å². The Kier molecular flexibility index (Phi) is 3.92. The third-order valence-corrected chi connectivity index (χ3v) is 4.73. The maximum atomic E-state index is 2.40. The summed E-state index contributed by atoms with van der Waals surface area (Å²) in [5.74, 6) is 0. The van der Waals surface area contributed by atoms with Crippen LogP contribution in [0.5, 0.6) is 0 Å². The number of rotatable bonds is 2. The zero-order valence-corrected chi connectivity index (χ0v) is 13.9. The molecule has 0 atom stereocenters. The van der Waals surface area contributed by atoms with Crippen molar-refractivity contribution in [3.05, 3.63) is 107 Å². The van der Waals surface area contributed by atoms with Gasteiger partial charge in [0.15, 0.2) is 0 Å². The van der Waals surface area contributed by atoms with Gasteiger partial charge in [0, 0.05) is 19.2 Å². The molecule has 118 valence electrons. The molecule has 3 aromatic rings. The molecule has 3 aromatic carbocycles. The Labute approximate surface area is 143 Å². The SMILES string of the molecule is CN1CCc2ccccc2C(c2ccccc2)=C1c1ccccc1. The first-order chi connectivity index (χ1) is 11.8. The fraction of sp³-hybridized carbons (Fsp3) is 0.130. The van der Waals surface area contributed by atoms with Crippen LogP contribution in [0.15, 0.2) is 84.9 Å². The summed E-state index contributed by atoms with van der Waals surface area (Å²) in [7, 11) is 2.21. The van der Waals surface area contributed by atoms with E-state index in [-0.39, 0.29) is 0 Å². The number of likely N-dealkylation sites (N-methyl/N-ethyl adjacent to an activating group) is 1. The van der Waals surface area contributed by atoms with Crippen molar-refractivity contribution in [2.75, 3.05) is 13.6 Å². The highest BCUT2D eigenvalue weighted by atomic mass is 15.1. The molecule has 1 aliphatic heterocycles. The predicted molar refractivity (Wildman–Crippen MR) is 102 cm³/mol. The minimum Gasteiger partial charge on any atom is -0.373 e. The lowest BCUT2D eigenvalue weighted by atomic mass is 9.90. The van der Waals surface area contributed by atoms with Crippen molar-refractivity contribution in [2.24, 2.45) is 0 Å². The maximum absolute atomic E-state index is 2.40. The van der Waals surface area contributed by atoms with Gasteiger partial charge in [0.2, 0.25) is 0 Å². The highest BCUT2D eigenvalue weighted by Gasteiger charge is 2.22. The first-order valence-electron chi connectivity index (χ1n) is 8.49. The van der Waals surface area contributed by atoms with Gasteiger partial charge in [-0.2, -0.15) is 0 Å². The monoisotopic (exact) mass is 311 g/mol. The van der Waals surface area contributed by atoms with Crippen LogP contribution in [0, 0.1) is 0 Å². The Hall–Kier alpha value is -2.80. The molecule has 0 unspecified atom stereocenters. The molecule has 0 saturated carbocycles. The molecule has 0 N–H and O–H groups in total.